The van der Waals surface area contributed by atoms with Crippen molar-refractivity contribution in [1.29, 1.82) is 0 Å². The van der Waals surface area contributed by atoms with E-state index in [-0.39, 0.29) is 11.1 Å². The zero-order valence-electron chi connectivity index (χ0n) is 22.3. The Morgan fingerprint density at radius 3 is 1.02 bits per heavy atom. The second-order valence-electron chi connectivity index (χ2n) is 9.15. The Bertz CT molecular complexity index is 1830. The average molecular weight is 707 g/mol. The quantitative estimate of drug-likeness (QED) is 0.0977. The van der Waals surface area contributed by atoms with Gasteiger partial charge in [-0.15, -0.1) is 0 Å². The van der Waals surface area contributed by atoms with E-state index in [1.54, 1.807) is 0 Å². The van der Waals surface area contributed by atoms with Gasteiger partial charge in [0.15, 0.2) is 21.5 Å². The largest absolute Gasteiger partial charge is 0.454 e. The number of rotatable bonds is 8. The summed E-state index contributed by atoms with van der Waals surface area (Å²) in [5, 5.41) is 45.5. The molecule has 0 bridgehead atoms. The summed E-state index contributed by atoms with van der Waals surface area (Å²) in [4.78, 5) is 42.6. The summed E-state index contributed by atoms with van der Waals surface area (Å²) in [5.74, 6) is -1.75. The van der Waals surface area contributed by atoms with Crippen LogP contribution >= 0.6 is 23.2 Å². The summed E-state index contributed by atoms with van der Waals surface area (Å²) >= 11 is 12.2. The van der Waals surface area contributed by atoms with Gasteiger partial charge < -0.3 is 4.74 Å². The van der Waals surface area contributed by atoms with E-state index in [2.05, 4.69) is 0 Å². The van der Waals surface area contributed by atoms with Gasteiger partial charge in [-0.3, -0.25) is 40.5 Å². The third-order valence-corrected chi connectivity index (χ3v) is 7.09. The third-order valence-electron chi connectivity index (χ3n) is 6.35. The van der Waals surface area contributed by atoms with Crippen LogP contribution in [0.4, 0.5) is 49.1 Å². The fourth-order valence-electron chi connectivity index (χ4n) is 4.31. The molecule has 47 heavy (non-hydrogen) atoms. The van der Waals surface area contributed by atoms with E-state index < -0.39 is 98.6 Å². The summed E-state index contributed by atoms with van der Waals surface area (Å²) in [6, 6.07) is 6.43. The summed E-state index contributed by atoms with van der Waals surface area (Å²) < 4.78 is 84.1. The van der Waals surface area contributed by atoms with Crippen LogP contribution < -0.4 is 4.74 Å². The van der Waals surface area contributed by atoms with Crippen LogP contribution in [0.25, 0.3) is 22.3 Å². The van der Waals surface area contributed by atoms with E-state index in [0.29, 0.717) is 36.4 Å². The topological polar surface area (TPSA) is 182 Å². The number of hydrogen-bond donors (Lipinski definition) is 0. The van der Waals surface area contributed by atoms with Crippen LogP contribution in [-0.4, -0.2) is 19.7 Å². The normalized spacial score (nSPS) is 11.7. The van der Waals surface area contributed by atoms with Crippen LogP contribution in [-0.2, 0) is 12.4 Å². The van der Waals surface area contributed by atoms with Gasteiger partial charge in [0.1, 0.15) is 0 Å². The van der Waals surface area contributed by atoms with E-state index >= 15 is 0 Å². The molecule has 4 aromatic carbocycles. The van der Waals surface area contributed by atoms with Crippen LogP contribution in [0.5, 0.6) is 11.5 Å². The summed E-state index contributed by atoms with van der Waals surface area (Å²) in [6.07, 6.45) is -9.65. The molecule has 4 rings (SSSR count). The molecule has 0 unspecified atom stereocenters. The lowest BCUT2D eigenvalue weighted by Crippen LogP contribution is -2.05. The zero-order chi connectivity index (χ0) is 35.2. The van der Waals surface area contributed by atoms with Crippen molar-refractivity contribution >= 4 is 46.0 Å². The lowest BCUT2D eigenvalue weighted by atomic mass is 9.99. The van der Waals surface area contributed by atoms with Gasteiger partial charge in [-0.1, -0.05) is 47.5 Å². The van der Waals surface area contributed by atoms with E-state index in [0.717, 1.165) is 24.3 Å². The number of nitrogens with zero attached hydrogens (tertiary/aromatic N) is 4. The van der Waals surface area contributed by atoms with Crippen molar-refractivity contribution < 1.29 is 50.8 Å². The number of benzene rings is 4. The van der Waals surface area contributed by atoms with Crippen molar-refractivity contribution in [2.45, 2.75) is 12.4 Å². The molecule has 0 aliphatic heterocycles. The molecular weight excluding hydrogens is 697 g/mol. The highest BCUT2D eigenvalue weighted by Gasteiger charge is 2.40. The van der Waals surface area contributed by atoms with Crippen LogP contribution in [0.2, 0.25) is 10.0 Å². The van der Waals surface area contributed by atoms with Gasteiger partial charge in [-0.25, -0.2) is 0 Å². The smallest absolute Gasteiger partial charge is 0.416 e. The van der Waals surface area contributed by atoms with Crippen LogP contribution in [0, 0.1) is 40.5 Å². The van der Waals surface area contributed by atoms with Gasteiger partial charge >= 0.3 is 35.1 Å². The Morgan fingerprint density at radius 2 is 0.787 bits per heavy atom. The minimum Gasteiger partial charge on any atom is -0.454 e. The molecule has 0 amide bonds. The molecule has 0 aromatic heterocycles. The van der Waals surface area contributed by atoms with Gasteiger partial charge in [0.2, 0.25) is 0 Å². The Kier molecular flexibility index (Phi) is 9.00. The van der Waals surface area contributed by atoms with Crippen molar-refractivity contribution in [3.05, 3.63) is 122 Å². The Morgan fingerprint density at radius 1 is 0.511 bits per heavy atom. The molecule has 0 aliphatic carbocycles. The molecule has 13 nitrogen and oxygen atoms in total. The van der Waals surface area contributed by atoms with Crippen LogP contribution in [0.1, 0.15) is 11.1 Å². The summed E-state index contributed by atoms with van der Waals surface area (Å²) in [6.45, 7) is 0. The first-order chi connectivity index (χ1) is 21.7. The highest BCUT2D eigenvalue weighted by molar-refractivity contribution is 6.36. The highest BCUT2D eigenvalue weighted by atomic mass is 35.5. The third kappa shape index (κ3) is 6.70. The maximum atomic E-state index is 13.1. The minimum absolute atomic E-state index is 0.375. The lowest BCUT2D eigenvalue weighted by Gasteiger charge is -2.15. The number of alkyl halides is 6. The summed E-state index contributed by atoms with van der Waals surface area (Å²) in [5.41, 5.74) is -9.90. The predicted octanol–water partition coefficient (Wildman–Crippen LogP) is 9.79. The molecule has 0 atom stereocenters. The van der Waals surface area contributed by atoms with Crippen LogP contribution in [0.3, 0.4) is 0 Å². The van der Waals surface area contributed by atoms with Gasteiger partial charge in [0.05, 0.1) is 41.9 Å². The molecule has 244 valence electrons. The summed E-state index contributed by atoms with van der Waals surface area (Å²) in [7, 11) is 0. The molecule has 0 aliphatic rings. The van der Waals surface area contributed by atoms with Gasteiger partial charge in [0, 0.05) is 0 Å². The van der Waals surface area contributed by atoms with Gasteiger partial charge in [-0.05, 0) is 47.5 Å². The Labute approximate surface area is 265 Å². The molecule has 0 fully saturated rings. The molecule has 0 saturated carbocycles. The number of nitro groups is 4. The fraction of sp³-hybridized carbons (Fsp3) is 0.0769. The van der Waals surface area contributed by atoms with Crippen molar-refractivity contribution in [3.8, 4) is 33.8 Å². The van der Waals surface area contributed by atoms with E-state index in [9.17, 15) is 66.8 Å². The first kappa shape index (κ1) is 34.3. The minimum atomic E-state index is -4.82. The molecule has 0 N–H and O–H groups in total. The lowest BCUT2D eigenvalue weighted by molar-refractivity contribution is -0.422. The van der Waals surface area contributed by atoms with E-state index in [1.165, 1.54) is 0 Å². The van der Waals surface area contributed by atoms with Crippen molar-refractivity contribution in [2.24, 2.45) is 0 Å². The van der Waals surface area contributed by atoms with Crippen LogP contribution in [0.15, 0.2) is 60.7 Å². The second-order valence-corrected chi connectivity index (χ2v) is 9.90. The van der Waals surface area contributed by atoms with Crippen molar-refractivity contribution in [1.82, 2.24) is 0 Å². The molecule has 4 aromatic rings. The first-order valence-corrected chi connectivity index (χ1v) is 12.8. The molecule has 0 heterocycles. The van der Waals surface area contributed by atoms with E-state index in [4.69, 9.17) is 27.9 Å². The molecular formula is C26H10Cl2F6N4O9. The molecule has 21 heteroatoms. The number of halogens is 8. The number of nitro benzene ring substituents is 4. The van der Waals surface area contributed by atoms with Gasteiger partial charge in [-0.2, -0.15) is 26.3 Å². The number of ether oxygens (including phenoxy) is 1. The molecule has 0 radical (unpaired) electrons. The fourth-order valence-corrected chi connectivity index (χ4v) is 4.81. The molecule has 0 saturated heterocycles. The predicted molar refractivity (Wildman–Crippen MR) is 150 cm³/mol. The van der Waals surface area contributed by atoms with E-state index in [1.807, 2.05) is 0 Å². The average Bonchev–Trinajstić information content (AvgIpc) is 2.97. The standard InChI is InChI=1S/C26H10Cl2F6N4O9/c27-19-17(9-15(21(35(39)40)23(19)37(43)44)11-1-5-13(6-2-11)25(29,30)31)47-18-10-16(12-3-7-14(8-4-12)26(32,33)34)22(36(41)42)24(20(18)28)38(45)46/h1-10H. The van der Waals surface area contributed by atoms with Crippen molar-refractivity contribution in [3.63, 3.8) is 0 Å². The maximum absolute atomic E-state index is 13.1. The maximum Gasteiger partial charge on any atom is 0.416 e. The monoisotopic (exact) mass is 706 g/mol. The highest BCUT2D eigenvalue weighted by Crippen LogP contribution is 2.52. The SMILES string of the molecule is O=[N+]([O-])c1c(-c2ccc(C(F)(F)F)cc2)cc(Oc2cc(-c3ccc(C(F)(F)F)cc3)c([N+](=O)[O-])c([N+](=O)[O-])c2Cl)c(Cl)c1[N+](=O)[O-]. The number of hydrogen-bond acceptors (Lipinski definition) is 9. The Balaban J connectivity index is 2.01. The van der Waals surface area contributed by atoms with Gasteiger partial charge in [0.25, 0.3) is 0 Å². The first-order valence-electron chi connectivity index (χ1n) is 12.1. The molecule has 0 spiro atoms. The zero-order valence-corrected chi connectivity index (χ0v) is 23.8. The Hall–Kier alpha value is -5.56. The second kappa shape index (κ2) is 12.3. The van der Waals surface area contributed by atoms with Crippen molar-refractivity contribution in [2.75, 3.05) is 0 Å².